The molecule has 0 unspecified atom stereocenters. The fourth-order valence-electron chi connectivity index (χ4n) is 3.78. The molecule has 0 fully saturated rings. The number of hydrogen-bond donors (Lipinski definition) is 1. The molecule has 11 heteroatoms. The first-order valence-electron chi connectivity index (χ1n) is 11.4. The second-order valence-electron chi connectivity index (χ2n) is 8.10. The van der Waals surface area contributed by atoms with Crippen LogP contribution >= 0.6 is 23.2 Å². The largest absolute Gasteiger partial charge is 0.357 e. The number of carbonyl (C=O) groups excluding carboxylic acids is 2. The van der Waals surface area contributed by atoms with Crippen molar-refractivity contribution >= 4 is 50.7 Å². The summed E-state index contributed by atoms with van der Waals surface area (Å²) in [5.74, 6) is -1.62. The van der Waals surface area contributed by atoms with Gasteiger partial charge in [-0.15, -0.1) is 0 Å². The van der Waals surface area contributed by atoms with Gasteiger partial charge in [-0.1, -0.05) is 54.4 Å². The number of hydrogen-bond acceptors (Lipinski definition) is 4. The van der Waals surface area contributed by atoms with Crippen LogP contribution in [0.2, 0.25) is 10.0 Å². The number of carbonyl (C=O) groups is 2. The third-order valence-corrected chi connectivity index (χ3v) is 8.09. The van der Waals surface area contributed by atoms with E-state index < -0.39 is 40.2 Å². The van der Waals surface area contributed by atoms with E-state index in [1.807, 2.05) is 0 Å². The molecule has 0 heterocycles. The minimum atomic E-state index is -4.22. The Bertz CT molecular complexity index is 1360. The Labute approximate surface area is 225 Å². The third kappa shape index (κ3) is 6.80. The van der Waals surface area contributed by atoms with Gasteiger partial charge in [0.05, 0.1) is 10.6 Å². The lowest BCUT2D eigenvalue weighted by atomic mass is 10.1. The van der Waals surface area contributed by atoms with Gasteiger partial charge in [-0.3, -0.25) is 13.9 Å². The summed E-state index contributed by atoms with van der Waals surface area (Å²) < 4.78 is 41.7. The first-order chi connectivity index (χ1) is 17.6. The highest BCUT2D eigenvalue weighted by Gasteiger charge is 2.33. The van der Waals surface area contributed by atoms with E-state index in [4.69, 9.17) is 23.2 Å². The van der Waals surface area contributed by atoms with E-state index >= 15 is 0 Å². The molecule has 3 aromatic carbocycles. The van der Waals surface area contributed by atoms with Gasteiger partial charge in [0, 0.05) is 23.6 Å². The Balaban J connectivity index is 2.06. The van der Waals surface area contributed by atoms with Gasteiger partial charge >= 0.3 is 0 Å². The van der Waals surface area contributed by atoms with Crippen molar-refractivity contribution in [3.05, 3.63) is 94.2 Å². The van der Waals surface area contributed by atoms with Crippen molar-refractivity contribution in [1.82, 2.24) is 10.2 Å². The molecule has 0 saturated carbocycles. The Hall–Kier alpha value is -3.14. The lowest BCUT2D eigenvalue weighted by Gasteiger charge is -2.33. The maximum atomic E-state index is 13.8. The monoisotopic (exact) mass is 565 g/mol. The normalized spacial score (nSPS) is 12.0. The molecule has 1 atom stereocenters. The number of nitrogens with zero attached hydrogens (tertiary/aromatic N) is 2. The summed E-state index contributed by atoms with van der Waals surface area (Å²) in [6, 6.07) is 16.2. The van der Waals surface area contributed by atoms with Crippen LogP contribution < -0.4 is 9.62 Å². The molecular formula is C26H26Cl2FN3O4S. The van der Waals surface area contributed by atoms with Crippen molar-refractivity contribution in [3.63, 3.8) is 0 Å². The zero-order valence-corrected chi connectivity index (χ0v) is 22.5. The fourth-order valence-corrected chi connectivity index (χ4v) is 5.68. The van der Waals surface area contributed by atoms with Crippen molar-refractivity contribution in [2.24, 2.45) is 0 Å². The fraction of sp³-hybridized carbons (Fsp3) is 0.231. The molecule has 7 nitrogen and oxygen atoms in total. The van der Waals surface area contributed by atoms with Crippen molar-refractivity contribution in [2.75, 3.05) is 17.9 Å². The van der Waals surface area contributed by atoms with Crippen molar-refractivity contribution < 1.29 is 22.4 Å². The van der Waals surface area contributed by atoms with Crippen LogP contribution in [-0.2, 0) is 26.2 Å². The Kier molecular flexibility index (Phi) is 9.53. The molecule has 0 aromatic heterocycles. The first-order valence-corrected chi connectivity index (χ1v) is 13.6. The predicted octanol–water partition coefficient (Wildman–Crippen LogP) is 4.88. The Morgan fingerprint density at radius 1 is 1.00 bits per heavy atom. The molecule has 0 saturated heterocycles. The Morgan fingerprint density at radius 2 is 1.65 bits per heavy atom. The van der Waals surface area contributed by atoms with E-state index in [1.165, 1.54) is 42.3 Å². The highest BCUT2D eigenvalue weighted by Crippen LogP contribution is 2.27. The van der Waals surface area contributed by atoms with E-state index in [-0.39, 0.29) is 23.5 Å². The van der Waals surface area contributed by atoms with Gasteiger partial charge in [-0.05, 0) is 60.5 Å². The molecule has 0 aliphatic heterocycles. The second kappa shape index (κ2) is 12.4. The zero-order valence-electron chi connectivity index (χ0n) is 20.2. The number of sulfonamides is 1. The zero-order chi connectivity index (χ0) is 27.2. The van der Waals surface area contributed by atoms with Gasteiger partial charge in [0.15, 0.2) is 0 Å². The maximum Gasteiger partial charge on any atom is 0.264 e. The van der Waals surface area contributed by atoms with Gasteiger partial charge < -0.3 is 10.2 Å². The number of benzene rings is 3. The van der Waals surface area contributed by atoms with Gasteiger partial charge in [0.1, 0.15) is 18.4 Å². The minimum Gasteiger partial charge on any atom is -0.357 e. The van der Waals surface area contributed by atoms with E-state index in [2.05, 4.69) is 5.32 Å². The van der Waals surface area contributed by atoms with Crippen LogP contribution in [0.25, 0.3) is 0 Å². The molecule has 0 bridgehead atoms. The van der Waals surface area contributed by atoms with Crippen LogP contribution in [0.4, 0.5) is 10.1 Å². The van der Waals surface area contributed by atoms with Gasteiger partial charge in [-0.25, -0.2) is 12.8 Å². The molecule has 1 N–H and O–H groups in total. The van der Waals surface area contributed by atoms with E-state index in [0.717, 1.165) is 16.4 Å². The number of halogens is 3. The summed E-state index contributed by atoms with van der Waals surface area (Å²) >= 11 is 12.3. The van der Waals surface area contributed by atoms with Crippen molar-refractivity contribution in [2.45, 2.75) is 30.8 Å². The van der Waals surface area contributed by atoms with E-state index in [0.29, 0.717) is 15.6 Å². The number of nitrogens with one attached hydrogen (secondary N) is 1. The average molecular weight is 566 g/mol. The molecular weight excluding hydrogens is 540 g/mol. The van der Waals surface area contributed by atoms with Crippen LogP contribution in [0, 0.1) is 5.82 Å². The lowest BCUT2D eigenvalue weighted by molar-refractivity contribution is -0.140. The summed E-state index contributed by atoms with van der Waals surface area (Å²) in [7, 11) is -2.77. The van der Waals surface area contributed by atoms with Crippen molar-refractivity contribution in [3.8, 4) is 0 Å². The summed E-state index contributed by atoms with van der Waals surface area (Å²) in [6.45, 7) is 1.03. The minimum absolute atomic E-state index is 0.0437. The predicted molar refractivity (Wildman–Crippen MR) is 143 cm³/mol. The Morgan fingerprint density at radius 3 is 2.22 bits per heavy atom. The van der Waals surface area contributed by atoms with Gasteiger partial charge in [-0.2, -0.15) is 0 Å². The molecule has 0 aliphatic carbocycles. The molecule has 3 rings (SSSR count). The quantitative estimate of drug-likeness (QED) is 0.379. The summed E-state index contributed by atoms with van der Waals surface area (Å²) in [6.07, 6.45) is 0.263. The highest BCUT2D eigenvalue weighted by atomic mass is 35.5. The van der Waals surface area contributed by atoms with Crippen LogP contribution in [-0.4, -0.2) is 44.8 Å². The number of rotatable bonds is 10. The van der Waals surface area contributed by atoms with E-state index in [9.17, 15) is 22.4 Å². The van der Waals surface area contributed by atoms with Crippen LogP contribution in [0.3, 0.4) is 0 Å². The summed E-state index contributed by atoms with van der Waals surface area (Å²) in [5, 5.41) is 3.25. The van der Waals surface area contributed by atoms with Crippen LogP contribution in [0.15, 0.2) is 77.7 Å². The molecule has 0 spiro atoms. The summed E-state index contributed by atoms with van der Waals surface area (Å²) in [4.78, 5) is 27.7. The standard InChI is InChI=1S/C26H26Cl2FN3O4S/c1-3-24(26(34)30-2)31(16-18-9-10-19(27)15-23(18)28)25(33)17-32(21-13-11-20(29)12-14-21)37(35,36)22-7-5-4-6-8-22/h4-15,24H,3,16-17H2,1-2H3,(H,30,34)/t24-/m0/s1. The number of anilines is 1. The topological polar surface area (TPSA) is 86.8 Å². The van der Waals surface area contributed by atoms with Gasteiger partial charge in [0.25, 0.3) is 10.0 Å². The lowest BCUT2D eigenvalue weighted by Crippen LogP contribution is -2.51. The molecule has 3 aromatic rings. The SMILES string of the molecule is CC[C@@H](C(=O)NC)N(Cc1ccc(Cl)cc1Cl)C(=O)CN(c1ccc(F)cc1)S(=O)(=O)c1ccccc1. The smallest absolute Gasteiger partial charge is 0.264 e. The molecule has 37 heavy (non-hydrogen) atoms. The molecule has 0 aliphatic rings. The number of amides is 2. The van der Waals surface area contributed by atoms with Crippen molar-refractivity contribution in [1.29, 1.82) is 0 Å². The van der Waals surface area contributed by atoms with Gasteiger partial charge in [0.2, 0.25) is 11.8 Å². The number of likely N-dealkylation sites (N-methyl/N-ethyl adjacent to an activating group) is 1. The summed E-state index contributed by atoms with van der Waals surface area (Å²) in [5.41, 5.74) is 0.622. The van der Waals surface area contributed by atoms with Crippen LogP contribution in [0.5, 0.6) is 0 Å². The first kappa shape index (κ1) is 28.4. The molecule has 2 amide bonds. The van der Waals surface area contributed by atoms with E-state index in [1.54, 1.807) is 37.3 Å². The average Bonchev–Trinajstić information content (AvgIpc) is 2.89. The molecule has 0 radical (unpaired) electrons. The second-order valence-corrected chi connectivity index (χ2v) is 10.8. The molecule has 196 valence electrons. The van der Waals surface area contributed by atoms with Crippen LogP contribution in [0.1, 0.15) is 18.9 Å². The highest BCUT2D eigenvalue weighted by molar-refractivity contribution is 7.92. The third-order valence-electron chi connectivity index (χ3n) is 5.71. The maximum absolute atomic E-state index is 13.8.